The molecule has 3 aliphatic rings. The zero-order chi connectivity index (χ0) is 31.2. The number of carbonyl (C=O) groups excluding carboxylic acids is 1. The molecule has 8 N–H and O–H groups in total. The lowest BCUT2D eigenvalue weighted by Crippen LogP contribution is -2.61. The summed E-state index contributed by atoms with van der Waals surface area (Å²) in [6, 6.07) is 6.90. The first-order valence-corrected chi connectivity index (χ1v) is 13.5. The summed E-state index contributed by atoms with van der Waals surface area (Å²) in [7, 11) is 1.39. The predicted octanol–water partition coefficient (Wildman–Crippen LogP) is -1.16. The van der Waals surface area contributed by atoms with Crippen LogP contribution in [0.4, 0.5) is 0 Å². The minimum atomic E-state index is -1.77. The summed E-state index contributed by atoms with van der Waals surface area (Å²) in [5.41, 5.74) is 0.373. The number of fused-ring (bicyclic) bond motifs is 1. The average molecular weight is 611 g/mol. The standard InChI is InChI=1S/C28H34O15/c1-10-21(32)23(34)25(36)27(40-10)39-9-19-22(33)24(35)26(37)28(43-19)41-12-6-14(30)20-15(31)8-17(42-18(20)7-12)11-3-4-16(38-2)13(29)5-11/h3-7,10,17,19,21-30,32-37H,8-9H2,1-2H3/t10-,17-,19+,21-,22+,23+,24-,25+,26-,27+,28+/m0/s1. The van der Waals surface area contributed by atoms with Crippen molar-refractivity contribution in [3.8, 4) is 28.7 Å². The minimum Gasteiger partial charge on any atom is -0.507 e. The second-order valence-corrected chi connectivity index (χ2v) is 10.6. The summed E-state index contributed by atoms with van der Waals surface area (Å²) in [5, 5.41) is 82.2. The Morgan fingerprint density at radius 3 is 2.23 bits per heavy atom. The van der Waals surface area contributed by atoms with Gasteiger partial charge in [0.05, 0.1) is 26.2 Å². The summed E-state index contributed by atoms with van der Waals surface area (Å²) in [5.74, 6) is -0.999. The van der Waals surface area contributed by atoms with Crippen LogP contribution in [0.1, 0.15) is 35.4 Å². The van der Waals surface area contributed by atoms with E-state index < -0.39 is 85.7 Å². The van der Waals surface area contributed by atoms with Gasteiger partial charge in [0, 0.05) is 12.1 Å². The number of rotatable bonds is 7. The Bertz CT molecular complexity index is 1320. The molecule has 0 unspecified atom stereocenters. The highest BCUT2D eigenvalue weighted by atomic mass is 16.7. The number of hydrogen-bond donors (Lipinski definition) is 8. The zero-order valence-corrected chi connectivity index (χ0v) is 23.1. The third kappa shape index (κ3) is 6.08. The number of aliphatic hydroxyl groups is 6. The molecule has 0 saturated carbocycles. The van der Waals surface area contributed by atoms with Crippen molar-refractivity contribution in [1.82, 2.24) is 0 Å². The van der Waals surface area contributed by atoms with Crippen molar-refractivity contribution >= 4 is 5.78 Å². The van der Waals surface area contributed by atoms with Gasteiger partial charge < -0.3 is 69.3 Å². The average Bonchev–Trinajstić information content (AvgIpc) is 2.97. The number of Topliss-reactive ketones (excluding diaryl/α,β-unsaturated/α-hetero) is 1. The van der Waals surface area contributed by atoms with Gasteiger partial charge >= 0.3 is 0 Å². The third-order valence-corrected chi connectivity index (χ3v) is 7.70. The number of phenolic OH excluding ortho intramolecular Hbond substituents is 2. The van der Waals surface area contributed by atoms with Gasteiger partial charge in [-0.2, -0.15) is 0 Å². The maximum absolute atomic E-state index is 12.9. The molecular weight excluding hydrogens is 576 g/mol. The fourth-order valence-corrected chi connectivity index (χ4v) is 5.20. The molecule has 0 spiro atoms. The lowest BCUT2D eigenvalue weighted by atomic mass is 9.95. The monoisotopic (exact) mass is 610 g/mol. The molecule has 11 atom stereocenters. The molecule has 43 heavy (non-hydrogen) atoms. The molecule has 0 amide bonds. The highest BCUT2D eigenvalue weighted by Gasteiger charge is 2.47. The quantitative estimate of drug-likeness (QED) is 0.185. The number of benzene rings is 2. The number of hydrogen-bond acceptors (Lipinski definition) is 15. The molecule has 0 radical (unpaired) electrons. The van der Waals surface area contributed by atoms with Crippen LogP contribution in [0.15, 0.2) is 30.3 Å². The van der Waals surface area contributed by atoms with Crippen LogP contribution in [0, 0.1) is 0 Å². The molecule has 0 aromatic heterocycles. The van der Waals surface area contributed by atoms with Crippen molar-refractivity contribution in [2.24, 2.45) is 0 Å². The molecule has 15 nitrogen and oxygen atoms in total. The van der Waals surface area contributed by atoms with Gasteiger partial charge in [-0.05, 0) is 24.6 Å². The van der Waals surface area contributed by atoms with Gasteiger partial charge in [0.2, 0.25) is 6.29 Å². The fourth-order valence-electron chi connectivity index (χ4n) is 5.20. The largest absolute Gasteiger partial charge is 0.507 e. The summed E-state index contributed by atoms with van der Waals surface area (Å²) in [6.45, 7) is 0.964. The first-order valence-electron chi connectivity index (χ1n) is 13.5. The van der Waals surface area contributed by atoms with E-state index in [9.17, 15) is 45.6 Å². The molecule has 5 rings (SSSR count). The topological polar surface area (TPSA) is 234 Å². The van der Waals surface area contributed by atoms with Crippen molar-refractivity contribution in [2.45, 2.75) is 80.9 Å². The van der Waals surface area contributed by atoms with Crippen LogP contribution in [0.5, 0.6) is 28.7 Å². The Labute approximate surface area is 245 Å². The van der Waals surface area contributed by atoms with E-state index in [4.69, 9.17) is 28.4 Å². The lowest BCUT2D eigenvalue weighted by molar-refractivity contribution is -0.318. The smallest absolute Gasteiger partial charge is 0.229 e. The van der Waals surface area contributed by atoms with Crippen molar-refractivity contribution in [3.05, 3.63) is 41.5 Å². The Hall–Kier alpha value is -3.25. The molecule has 3 aliphatic heterocycles. The van der Waals surface area contributed by atoms with Crippen molar-refractivity contribution in [1.29, 1.82) is 0 Å². The van der Waals surface area contributed by atoms with Gasteiger partial charge in [-0.25, -0.2) is 0 Å². The number of ether oxygens (including phenoxy) is 6. The number of aromatic hydroxyl groups is 2. The van der Waals surface area contributed by atoms with Crippen LogP contribution in [-0.2, 0) is 14.2 Å². The summed E-state index contributed by atoms with van der Waals surface area (Å²) >= 11 is 0. The molecular formula is C28H34O15. The Kier molecular flexibility index (Phi) is 8.99. The molecule has 2 aromatic carbocycles. The predicted molar refractivity (Wildman–Crippen MR) is 141 cm³/mol. The maximum atomic E-state index is 12.9. The van der Waals surface area contributed by atoms with Gasteiger partial charge in [-0.3, -0.25) is 4.79 Å². The highest BCUT2D eigenvalue weighted by Crippen LogP contribution is 2.43. The van der Waals surface area contributed by atoms with E-state index in [-0.39, 0.29) is 35.0 Å². The van der Waals surface area contributed by atoms with E-state index in [1.807, 2.05) is 0 Å². The van der Waals surface area contributed by atoms with Gasteiger partial charge in [-0.15, -0.1) is 0 Å². The normalized spacial score (nSPS) is 36.0. The summed E-state index contributed by atoms with van der Waals surface area (Å²) < 4.78 is 33.1. The van der Waals surface area contributed by atoms with Crippen LogP contribution in [-0.4, -0.2) is 122 Å². The SMILES string of the molecule is COc1ccc([C@@H]2CC(=O)c3c(O)cc(O[C@@H]4O[C@H](CO[C@@H]5O[C@@H](C)[C@H](O)[C@@H](O)[C@H]5O)[C@@H](O)[C@H](O)[C@@H]4O)cc3O2)cc1O. The van der Waals surface area contributed by atoms with Crippen LogP contribution >= 0.6 is 0 Å². The Balaban J connectivity index is 1.30. The number of aliphatic hydroxyl groups excluding tert-OH is 6. The van der Waals surface area contributed by atoms with Crippen LogP contribution < -0.4 is 14.2 Å². The second-order valence-electron chi connectivity index (χ2n) is 10.6. The van der Waals surface area contributed by atoms with E-state index in [1.54, 1.807) is 6.07 Å². The van der Waals surface area contributed by atoms with Crippen molar-refractivity contribution in [3.63, 3.8) is 0 Å². The van der Waals surface area contributed by atoms with Gasteiger partial charge in [0.25, 0.3) is 0 Å². The number of carbonyl (C=O) groups is 1. The number of methoxy groups -OCH3 is 1. The van der Waals surface area contributed by atoms with E-state index in [0.717, 1.165) is 6.07 Å². The minimum absolute atomic E-state index is 0.0457. The molecule has 2 saturated heterocycles. The highest BCUT2D eigenvalue weighted by molar-refractivity contribution is 6.02. The van der Waals surface area contributed by atoms with Crippen molar-refractivity contribution in [2.75, 3.05) is 13.7 Å². The molecule has 2 aromatic rings. The molecule has 15 heteroatoms. The molecule has 3 heterocycles. The summed E-state index contributed by atoms with van der Waals surface area (Å²) in [6.07, 6.45) is -15.9. The molecule has 0 aliphatic carbocycles. The Morgan fingerprint density at radius 1 is 0.837 bits per heavy atom. The number of ketones is 1. The van der Waals surface area contributed by atoms with E-state index in [2.05, 4.69) is 0 Å². The molecule has 0 bridgehead atoms. The second kappa shape index (κ2) is 12.4. The van der Waals surface area contributed by atoms with Crippen LogP contribution in [0.3, 0.4) is 0 Å². The first-order chi connectivity index (χ1) is 20.4. The third-order valence-electron chi connectivity index (χ3n) is 7.70. The molecule has 2 fully saturated rings. The Morgan fingerprint density at radius 2 is 1.53 bits per heavy atom. The summed E-state index contributed by atoms with van der Waals surface area (Å²) in [4.78, 5) is 12.9. The lowest BCUT2D eigenvalue weighted by Gasteiger charge is -2.42. The number of phenols is 2. The van der Waals surface area contributed by atoms with E-state index in [1.165, 1.54) is 32.2 Å². The van der Waals surface area contributed by atoms with E-state index >= 15 is 0 Å². The van der Waals surface area contributed by atoms with Crippen LogP contribution in [0.25, 0.3) is 0 Å². The maximum Gasteiger partial charge on any atom is 0.229 e. The molecule has 236 valence electrons. The zero-order valence-electron chi connectivity index (χ0n) is 23.1. The van der Waals surface area contributed by atoms with E-state index in [0.29, 0.717) is 5.56 Å². The van der Waals surface area contributed by atoms with Gasteiger partial charge in [0.15, 0.2) is 23.6 Å². The van der Waals surface area contributed by atoms with Crippen LogP contribution in [0.2, 0.25) is 0 Å². The fraction of sp³-hybridized carbons (Fsp3) is 0.536. The first kappa shape index (κ1) is 31.2. The van der Waals surface area contributed by atoms with Gasteiger partial charge in [0.1, 0.15) is 71.6 Å². The van der Waals surface area contributed by atoms with Gasteiger partial charge in [-0.1, -0.05) is 6.07 Å². The van der Waals surface area contributed by atoms with Crippen molar-refractivity contribution < 1.29 is 74.1 Å².